The van der Waals surface area contributed by atoms with Crippen LogP contribution in [0.1, 0.15) is 55.4 Å². The van der Waals surface area contributed by atoms with E-state index in [1.807, 2.05) is 45.3 Å². The highest BCUT2D eigenvalue weighted by Gasteiger charge is 2.42. The highest BCUT2D eigenvalue weighted by Crippen LogP contribution is 2.30. The van der Waals surface area contributed by atoms with Gasteiger partial charge in [0.05, 0.1) is 34.1 Å². The lowest BCUT2D eigenvalue weighted by Crippen LogP contribution is -2.44. The average molecular weight is 481 g/mol. The molecule has 34 heavy (non-hydrogen) atoms. The summed E-state index contributed by atoms with van der Waals surface area (Å²) in [7, 11) is 0. The third-order valence-electron chi connectivity index (χ3n) is 6.51. The molecule has 4 rings (SSSR count). The van der Waals surface area contributed by atoms with E-state index in [0.29, 0.717) is 18.7 Å². The summed E-state index contributed by atoms with van der Waals surface area (Å²) in [5.74, 6) is -0.0143. The number of aryl methyl sites for hydroxylation is 3. The molecule has 0 aliphatic carbocycles. The summed E-state index contributed by atoms with van der Waals surface area (Å²) in [6.07, 6.45) is 2.23. The molecule has 0 bridgehead atoms. The van der Waals surface area contributed by atoms with E-state index in [1.54, 1.807) is 22.4 Å². The number of imidazole rings is 1. The highest BCUT2D eigenvalue weighted by atomic mass is 32.1. The van der Waals surface area contributed by atoms with Crippen LogP contribution in [0.15, 0.2) is 36.0 Å². The summed E-state index contributed by atoms with van der Waals surface area (Å²) >= 11 is 1.62. The number of hydrogen-bond donors (Lipinski definition) is 2. The minimum atomic E-state index is -0.689. The first-order valence-electron chi connectivity index (χ1n) is 11.8. The van der Waals surface area contributed by atoms with Gasteiger partial charge in [0.15, 0.2) is 5.78 Å². The van der Waals surface area contributed by atoms with E-state index < -0.39 is 18.1 Å². The number of aliphatic hydroxyl groups excluding tert-OH is 1. The van der Waals surface area contributed by atoms with Crippen molar-refractivity contribution in [3.63, 3.8) is 0 Å². The van der Waals surface area contributed by atoms with Crippen LogP contribution in [0, 0.1) is 19.8 Å². The van der Waals surface area contributed by atoms with Crippen molar-refractivity contribution >= 4 is 23.0 Å². The molecule has 3 heterocycles. The molecule has 0 radical (unpaired) electrons. The Kier molecular flexibility index (Phi) is 7.28. The number of carbonyl (C=O) groups excluding carboxylic acids is 2. The molecule has 1 fully saturated rings. The number of benzene rings is 1. The van der Waals surface area contributed by atoms with Gasteiger partial charge in [0.25, 0.3) is 0 Å². The number of H-pyrrole nitrogens is 1. The van der Waals surface area contributed by atoms with Gasteiger partial charge in [0.1, 0.15) is 5.82 Å². The van der Waals surface area contributed by atoms with Gasteiger partial charge in [-0.25, -0.2) is 9.97 Å². The van der Waals surface area contributed by atoms with Gasteiger partial charge in [-0.1, -0.05) is 38.1 Å². The number of rotatable bonds is 8. The Labute approximate surface area is 204 Å². The molecule has 3 aromatic rings. The topological polar surface area (TPSA) is 99.2 Å². The van der Waals surface area contributed by atoms with Crippen molar-refractivity contribution < 1.29 is 14.7 Å². The highest BCUT2D eigenvalue weighted by molar-refractivity contribution is 7.13. The van der Waals surface area contributed by atoms with Crippen LogP contribution in [0.3, 0.4) is 0 Å². The van der Waals surface area contributed by atoms with Crippen LogP contribution in [-0.2, 0) is 16.0 Å². The quantitative estimate of drug-likeness (QED) is 0.507. The van der Waals surface area contributed by atoms with E-state index in [4.69, 9.17) is 0 Å². The molecule has 0 saturated carbocycles. The number of aromatic nitrogens is 3. The number of hydrogen-bond acceptors (Lipinski definition) is 6. The van der Waals surface area contributed by atoms with Gasteiger partial charge in [-0.05, 0) is 37.3 Å². The molecule has 1 aliphatic rings. The molecule has 8 heteroatoms. The summed E-state index contributed by atoms with van der Waals surface area (Å²) < 4.78 is 0. The third kappa shape index (κ3) is 5.13. The maximum Gasteiger partial charge on any atom is 0.234 e. The zero-order chi connectivity index (χ0) is 24.4. The average Bonchev–Trinajstić information content (AvgIpc) is 3.52. The van der Waals surface area contributed by atoms with Crippen LogP contribution in [0.2, 0.25) is 0 Å². The molecule has 1 aliphatic heterocycles. The Morgan fingerprint density at radius 3 is 2.53 bits per heavy atom. The Morgan fingerprint density at radius 1 is 1.21 bits per heavy atom. The smallest absolute Gasteiger partial charge is 0.234 e. The van der Waals surface area contributed by atoms with Crippen molar-refractivity contribution in [1.82, 2.24) is 19.9 Å². The second-order valence-corrected chi connectivity index (χ2v) is 10.4. The number of thiazole rings is 1. The number of nitrogens with one attached hydrogen (secondary N) is 1. The lowest BCUT2D eigenvalue weighted by Gasteiger charge is -2.29. The number of ketones is 1. The van der Waals surface area contributed by atoms with E-state index in [1.165, 1.54) is 0 Å². The predicted molar refractivity (Wildman–Crippen MR) is 133 cm³/mol. The summed E-state index contributed by atoms with van der Waals surface area (Å²) in [5, 5.41) is 10.3. The Hall–Kier alpha value is -2.84. The Morgan fingerprint density at radius 2 is 1.94 bits per heavy atom. The second kappa shape index (κ2) is 10.2. The second-order valence-electron chi connectivity index (χ2n) is 9.50. The van der Waals surface area contributed by atoms with Gasteiger partial charge in [-0.15, -0.1) is 11.3 Å². The monoisotopic (exact) mass is 480 g/mol. The molecule has 1 saturated heterocycles. The van der Waals surface area contributed by atoms with Gasteiger partial charge in [0, 0.05) is 31.3 Å². The third-order valence-corrected chi connectivity index (χ3v) is 7.48. The SMILES string of the molecule is Cc1cnc([C@H](C(=O)N2C[C@H](O)C[C@H]2C(=O)CCc2ccc(-c3scnc3C)cc2)C(C)C)[nH]1. The molecule has 1 amide bonds. The zero-order valence-electron chi connectivity index (χ0n) is 20.1. The van der Waals surface area contributed by atoms with Crippen molar-refractivity contribution in [2.24, 2.45) is 5.92 Å². The maximum atomic E-state index is 13.5. The standard InChI is InChI=1S/C26H32N4O3S/c1-15(2)23(25-27-12-16(3)29-25)26(33)30-13-20(31)11-21(30)22(32)10-7-18-5-8-19(9-6-18)24-17(4)28-14-34-24/h5-6,8-9,12,14-15,20-21,23,31H,7,10-11,13H2,1-4H3,(H,27,29)/t20-,21+,23-/m1/s1. The Balaban J connectivity index is 1.43. The zero-order valence-corrected chi connectivity index (χ0v) is 20.9. The van der Waals surface area contributed by atoms with Gasteiger partial charge in [-0.2, -0.15) is 0 Å². The summed E-state index contributed by atoms with van der Waals surface area (Å²) in [6.45, 7) is 8.02. The minimum absolute atomic E-state index is 0.00671. The van der Waals surface area contributed by atoms with Crippen LogP contribution in [0.4, 0.5) is 0 Å². The number of Topliss-reactive ketones (excluding diaryl/α,β-unsaturated/α-hetero) is 1. The van der Waals surface area contributed by atoms with Crippen LogP contribution in [-0.4, -0.2) is 55.3 Å². The first kappa shape index (κ1) is 24.3. The van der Waals surface area contributed by atoms with E-state index >= 15 is 0 Å². The fourth-order valence-electron chi connectivity index (χ4n) is 4.69. The number of carbonyl (C=O) groups is 2. The normalized spacial score (nSPS) is 19.1. The van der Waals surface area contributed by atoms with Gasteiger partial charge >= 0.3 is 0 Å². The maximum absolute atomic E-state index is 13.5. The predicted octanol–water partition coefficient (Wildman–Crippen LogP) is 4.05. The number of β-amino-alcohol motifs (C(OH)–C–C–N with tert-alkyl or cyclic N) is 1. The van der Waals surface area contributed by atoms with Crippen molar-refractivity contribution in [3.8, 4) is 10.4 Å². The van der Waals surface area contributed by atoms with Crippen LogP contribution < -0.4 is 0 Å². The fraction of sp³-hybridized carbons (Fsp3) is 0.462. The van der Waals surface area contributed by atoms with E-state index in [2.05, 4.69) is 27.1 Å². The molecular formula is C26H32N4O3S. The van der Waals surface area contributed by atoms with E-state index in [-0.39, 0.29) is 30.6 Å². The Bertz CT molecular complexity index is 1150. The number of aliphatic hydroxyl groups is 1. The molecule has 0 unspecified atom stereocenters. The number of amides is 1. The van der Waals surface area contributed by atoms with Crippen molar-refractivity contribution in [1.29, 1.82) is 0 Å². The molecule has 1 aromatic carbocycles. The summed E-state index contributed by atoms with van der Waals surface area (Å²) in [4.78, 5) is 41.3. The molecular weight excluding hydrogens is 448 g/mol. The number of nitrogens with zero attached hydrogens (tertiary/aromatic N) is 3. The van der Waals surface area contributed by atoms with Gasteiger partial charge in [-0.3, -0.25) is 9.59 Å². The number of aromatic amines is 1. The lowest BCUT2D eigenvalue weighted by molar-refractivity contribution is -0.139. The molecule has 3 atom stereocenters. The largest absolute Gasteiger partial charge is 0.391 e. The minimum Gasteiger partial charge on any atom is -0.391 e. The number of likely N-dealkylation sites (tertiary alicyclic amines) is 1. The van der Waals surface area contributed by atoms with E-state index in [0.717, 1.165) is 27.4 Å². The molecule has 2 aromatic heterocycles. The van der Waals surface area contributed by atoms with Crippen molar-refractivity contribution in [2.75, 3.05) is 6.54 Å². The summed E-state index contributed by atoms with van der Waals surface area (Å²) in [6, 6.07) is 7.62. The first-order chi connectivity index (χ1) is 16.2. The fourth-order valence-corrected chi connectivity index (χ4v) is 5.50. The first-order valence-corrected chi connectivity index (χ1v) is 12.6. The van der Waals surface area contributed by atoms with Crippen LogP contribution >= 0.6 is 11.3 Å². The van der Waals surface area contributed by atoms with E-state index in [9.17, 15) is 14.7 Å². The molecule has 2 N–H and O–H groups in total. The molecule has 7 nitrogen and oxygen atoms in total. The summed E-state index contributed by atoms with van der Waals surface area (Å²) in [5.41, 5.74) is 5.94. The van der Waals surface area contributed by atoms with Gasteiger partial charge < -0.3 is 15.0 Å². The van der Waals surface area contributed by atoms with Crippen LogP contribution in [0.5, 0.6) is 0 Å². The van der Waals surface area contributed by atoms with Gasteiger partial charge in [0.2, 0.25) is 5.91 Å². The molecule has 0 spiro atoms. The van der Waals surface area contributed by atoms with Crippen molar-refractivity contribution in [2.45, 2.75) is 65.0 Å². The van der Waals surface area contributed by atoms with Crippen LogP contribution in [0.25, 0.3) is 10.4 Å². The van der Waals surface area contributed by atoms with Crippen molar-refractivity contribution in [3.05, 3.63) is 58.7 Å². The molecule has 180 valence electrons. The lowest BCUT2D eigenvalue weighted by atomic mass is 9.92.